The van der Waals surface area contributed by atoms with Gasteiger partial charge in [0.1, 0.15) is 25.1 Å². The number of ether oxygens (including phenoxy) is 5. The van der Waals surface area contributed by atoms with Gasteiger partial charge in [-0.25, -0.2) is 14.3 Å². The number of aliphatic hydroxyl groups excluding tert-OH is 1. The van der Waals surface area contributed by atoms with E-state index in [2.05, 4.69) is 4.98 Å². The Morgan fingerprint density at radius 3 is 1.82 bits per heavy atom. The Labute approximate surface area is 239 Å². The van der Waals surface area contributed by atoms with Crippen molar-refractivity contribution in [2.75, 3.05) is 27.4 Å². The van der Waals surface area contributed by atoms with Gasteiger partial charge in [0.05, 0.1) is 6.61 Å². The summed E-state index contributed by atoms with van der Waals surface area (Å²) in [6, 6.07) is 14.5. The molecule has 3 rings (SSSR count). The number of hydrogen-bond donors (Lipinski definition) is 1. The first-order valence-corrected chi connectivity index (χ1v) is 12.9. The van der Waals surface area contributed by atoms with Crippen molar-refractivity contribution in [1.82, 2.24) is 9.55 Å². The zero-order valence-corrected chi connectivity index (χ0v) is 24.5. The van der Waals surface area contributed by atoms with Gasteiger partial charge in [-0.15, -0.1) is 0 Å². The maximum absolute atomic E-state index is 11.9. The van der Waals surface area contributed by atoms with E-state index >= 15 is 0 Å². The largest absolute Gasteiger partial charge is 0.446 e. The van der Waals surface area contributed by atoms with Crippen molar-refractivity contribution < 1.29 is 33.6 Å². The van der Waals surface area contributed by atoms with E-state index in [9.17, 15) is 9.90 Å². The Morgan fingerprint density at radius 1 is 0.897 bits per heavy atom. The third-order valence-electron chi connectivity index (χ3n) is 5.58. The molecule has 1 aromatic heterocycles. The molecule has 0 aliphatic rings. The Balaban J connectivity index is 0.000000293. The van der Waals surface area contributed by atoms with Crippen LogP contribution in [0.4, 0.5) is 4.79 Å². The number of halogens is 2. The lowest BCUT2D eigenvalue weighted by molar-refractivity contribution is -0.231. The van der Waals surface area contributed by atoms with Gasteiger partial charge in [-0.2, -0.15) is 0 Å². The Kier molecular flexibility index (Phi) is 12.9. The van der Waals surface area contributed by atoms with Gasteiger partial charge in [0.25, 0.3) is 0 Å². The summed E-state index contributed by atoms with van der Waals surface area (Å²) in [5, 5.41) is 10.4. The van der Waals surface area contributed by atoms with Crippen LogP contribution in [-0.4, -0.2) is 59.8 Å². The molecule has 1 heterocycles. The zero-order valence-electron chi connectivity index (χ0n) is 23.0. The van der Waals surface area contributed by atoms with Crippen LogP contribution in [0.15, 0.2) is 67.3 Å². The summed E-state index contributed by atoms with van der Waals surface area (Å²) in [7, 11) is 3.10. The second kappa shape index (κ2) is 15.3. The predicted octanol–water partition coefficient (Wildman–Crippen LogP) is 6.43. The monoisotopic (exact) mass is 582 g/mol. The summed E-state index contributed by atoms with van der Waals surface area (Å²) >= 11 is 12.3. The minimum absolute atomic E-state index is 0.00641. The molecule has 0 saturated heterocycles. The molecule has 0 unspecified atom stereocenters. The number of aromatic nitrogens is 2. The number of aliphatic hydroxyl groups is 1. The smallest absolute Gasteiger partial charge is 0.419 e. The van der Waals surface area contributed by atoms with E-state index in [1.807, 2.05) is 36.4 Å². The highest BCUT2D eigenvalue weighted by Gasteiger charge is 2.27. The number of rotatable bonds is 11. The molecule has 0 amide bonds. The first-order valence-electron chi connectivity index (χ1n) is 12.1. The van der Waals surface area contributed by atoms with Gasteiger partial charge < -0.3 is 28.8 Å². The topological polar surface area (TPSA) is 101 Å². The molecule has 0 radical (unpaired) electrons. The molecule has 0 aliphatic heterocycles. The molecular weight excluding hydrogens is 547 g/mol. The second-order valence-corrected chi connectivity index (χ2v) is 10.0. The zero-order chi connectivity index (χ0) is 29.1. The van der Waals surface area contributed by atoms with E-state index < -0.39 is 29.9 Å². The molecule has 3 aromatic rings. The number of methoxy groups -OCH3 is 2. The number of imidazole rings is 1. The van der Waals surface area contributed by atoms with E-state index in [0.29, 0.717) is 10.0 Å². The van der Waals surface area contributed by atoms with Gasteiger partial charge in [-0.1, -0.05) is 59.6 Å². The number of nitrogens with zero attached hydrogens (tertiary/aromatic N) is 2. The average molecular weight is 584 g/mol. The Hall–Kier alpha value is -2.50. The van der Waals surface area contributed by atoms with Crippen LogP contribution in [0, 0.1) is 0 Å². The van der Waals surface area contributed by atoms with Gasteiger partial charge in [-0.05, 0) is 39.8 Å². The standard InChI is InChI=1S/C16H19ClN2O4.C12H17ClO3/c1-16(2,21-3)23-14(12-6-4-5-7-13(12)17)10-22-15(20)19-9-8-18-11-19;1-12(2,15-3)16-11(8-14)9-6-4-5-7-10(9)13/h4-9,11,14H,10H2,1-3H3;4-7,11,14H,8H2,1-3H3/t14-;11-/m11/s1. The molecule has 0 saturated carbocycles. The first kappa shape index (κ1) is 32.7. The van der Waals surface area contributed by atoms with Gasteiger partial charge in [0, 0.05) is 47.8 Å². The highest BCUT2D eigenvalue weighted by atomic mass is 35.5. The summed E-state index contributed by atoms with van der Waals surface area (Å²) in [4.78, 5) is 15.7. The van der Waals surface area contributed by atoms with Crippen molar-refractivity contribution in [1.29, 1.82) is 0 Å². The van der Waals surface area contributed by atoms with Crippen molar-refractivity contribution in [3.05, 3.63) is 88.4 Å². The molecule has 2 atom stereocenters. The van der Waals surface area contributed by atoms with Crippen LogP contribution in [0.25, 0.3) is 0 Å². The van der Waals surface area contributed by atoms with Crippen molar-refractivity contribution in [2.45, 2.75) is 51.5 Å². The van der Waals surface area contributed by atoms with Crippen LogP contribution in [0.1, 0.15) is 51.0 Å². The summed E-state index contributed by atoms with van der Waals surface area (Å²) in [6.07, 6.45) is 2.78. The van der Waals surface area contributed by atoms with E-state index in [4.69, 9.17) is 46.9 Å². The fourth-order valence-corrected chi connectivity index (χ4v) is 3.74. The van der Waals surface area contributed by atoms with E-state index in [1.54, 1.807) is 54.0 Å². The van der Waals surface area contributed by atoms with E-state index in [0.717, 1.165) is 11.1 Å². The van der Waals surface area contributed by atoms with E-state index in [-0.39, 0.29) is 13.2 Å². The molecule has 0 spiro atoms. The number of carbonyl (C=O) groups is 1. The van der Waals surface area contributed by atoms with Crippen LogP contribution in [0.2, 0.25) is 10.0 Å². The van der Waals surface area contributed by atoms with Gasteiger partial charge in [0.15, 0.2) is 11.6 Å². The quantitative estimate of drug-likeness (QED) is 0.258. The lowest BCUT2D eigenvalue weighted by Gasteiger charge is -2.30. The number of hydrogen-bond acceptors (Lipinski definition) is 8. The number of benzene rings is 2. The van der Waals surface area contributed by atoms with Crippen molar-refractivity contribution in [3.63, 3.8) is 0 Å². The Morgan fingerprint density at radius 2 is 1.38 bits per heavy atom. The minimum atomic E-state index is -0.856. The molecule has 0 aliphatic carbocycles. The average Bonchev–Trinajstić information content (AvgIpc) is 3.46. The summed E-state index contributed by atoms with van der Waals surface area (Å²) in [5.41, 5.74) is 1.48. The van der Waals surface area contributed by atoms with Crippen LogP contribution >= 0.6 is 23.2 Å². The van der Waals surface area contributed by atoms with Gasteiger partial charge in [-0.3, -0.25) is 0 Å². The molecule has 0 bridgehead atoms. The maximum atomic E-state index is 11.9. The van der Waals surface area contributed by atoms with Crippen LogP contribution in [0.3, 0.4) is 0 Å². The summed E-state index contributed by atoms with van der Waals surface area (Å²) in [5.74, 6) is -1.61. The third kappa shape index (κ3) is 10.5. The normalized spacial score (nSPS) is 13.3. The van der Waals surface area contributed by atoms with Crippen LogP contribution < -0.4 is 0 Å². The molecule has 2 aromatic carbocycles. The van der Waals surface area contributed by atoms with Crippen molar-refractivity contribution in [2.24, 2.45) is 0 Å². The Bertz CT molecular complexity index is 1160. The number of carbonyl (C=O) groups excluding carboxylic acids is 1. The molecule has 11 heteroatoms. The fourth-order valence-electron chi connectivity index (χ4n) is 3.23. The van der Waals surface area contributed by atoms with Crippen LogP contribution in [-0.2, 0) is 23.7 Å². The third-order valence-corrected chi connectivity index (χ3v) is 6.27. The van der Waals surface area contributed by atoms with Crippen molar-refractivity contribution >= 4 is 29.3 Å². The molecule has 0 fully saturated rings. The molecular formula is C28H36Cl2N2O7. The lowest BCUT2D eigenvalue weighted by Crippen LogP contribution is -2.31. The van der Waals surface area contributed by atoms with Crippen LogP contribution in [0.5, 0.6) is 0 Å². The van der Waals surface area contributed by atoms with Gasteiger partial charge >= 0.3 is 6.09 Å². The SMILES string of the molecule is COC(C)(C)O[C@H](CO)c1ccccc1Cl.COC(C)(C)O[C@H](COC(=O)n1ccnc1)c1ccccc1Cl. The lowest BCUT2D eigenvalue weighted by atomic mass is 10.1. The summed E-state index contributed by atoms with van der Waals surface area (Å²) < 4.78 is 28.5. The highest BCUT2D eigenvalue weighted by molar-refractivity contribution is 6.31. The van der Waals surface area contributed by atoms with E-state index in [1.165, 1.54) is 23.3 Å². The summed E-state index contributed by atoms with van der Waals surface area (Å²) in [6.45, 7) is 6.96. The molecule has 1 N–H and O–H groups in total. The first-order chi connectivity index (χ1) is 18.4. The predicted molar refractivity (Wildman–Crippen MR) is 149 cm³/mol. The maximum Gasteiger partial charge on any atom is 0.419 e. The minimum Gasteiger partial charge on any atom is -0.446 e. The fraction of sp³-hybridized carbons (Fsp3) is 0.429. The molecule has 214 valence electrons. The second-order valence-electron chi connectivity index (χ2n) is 9.19. The van der Waals surface area contributed by atoms with Crippen molar-refractivity contribution in [3.8, 4) is 0 Å². The molecule has 9 nitrogen and oxygen atoms in total. The molecule has 39 heavy (non-hydrogen) atoms. The highest BCUT2D eigenvalue weighted by Crippen LogP contribution is 2.31. The van der Waals surface area contributed by atoms with Gasteiger partial charge in [0.2, 0.25) is 0 Å².